The molecule has 0 bridgehead atoms. The first-order valence-electron chi connectivity index (χ1n) is 7.76. The number of rotatable bonds is 6. The minimum atomic E-state index is -0.357. The van der Waals surface area contributed by atoms with Gasteiger partial charge in [-0.25, -0.2) is 0 Å². The molecule has 1 aliphatic heterocycles. The first-order chi connectivity index (χ1) is 11.5. The summed E-state index contributed by atoms with van der Waals surface area (Å²) in [6.45, 7) is 8.53. The van der Waals surface area contributed by atoms with Crippen molar-refractivity contribution >= 4 is 35.2 Å². The summed E-state index contributed by atoms with van der Waals surface area (Å²) in [6, 6.07) is 7.16. The van der Waals surface area contributed by atoms with Crippen LogP contribution < -0.4 is 4.74 Å². The van der Waals surface area contributed by atoms with E-state index >= 15 is 0 Å². The van der Waals surface area contributed by atoms with Crippen LogP contribution in [0.25, 0.3) is 6.08 Å². The maximum atomic E-state index is 12.5. The first kappa shape index (κ1) is 17.9. The molecule has 1 heterocycles. The lowest BCUT2D eigenvalue weighted by molar-refractivity contribution is -0.133. The van der Waals surface area contributed by atoms with Gasteiger partial charge in [-0.15, -0.1) is 0 Å². The van der Waals surface area contributed by atoms with Crippen LogP contribution in [0.3, 0.4) is 0 Å². The van der Waals surface area contributed by atoms with Crippen molar-refractivity contribution in [3.8, 4) is 5.75 Å². The molecule has 0 saturated carbocycles. The van der Waals surface area contributed by atoms with Gasteiger partial charge in [-0.2, -0.15) is 0 Å². The van der Waals surface area contributed by atoms with Gasteiger partial charge in [0.15, 0.2) is 5.11 Å². The summed E-state index contributed by atoms with van der Waals surface area (Å²) in [5.74, 6) is -0.0155. The lowest BCUT2D eigenvalue weighted by Crippen LogP contribution is -2.55. The van der Waals surface area contributed by atoms with Crippen LogP contribution in [0.4, 0.5) is 0 Å². The Balaban J connectivity index is 2.32. The Morgan fingerprint density at radius 1 is 1.08 bits per heavy atom. The van der Waals surface area contributed by atoms with Gasteiger partial charge in [0.2, 0.25) is 0 Å². The van der Waals surface area contributed by atoms with Crippen LogP contribution in [-0.4, -0.2) is 46.4 Å². The zero-order chi connectivity index (χ0) is 17.7. The highest BCUT2D eigenvalue weighted by molar-refractivity contribution is 7.80. The number of benzene rings is 1. The standard InChI is InChI=1S/C18H20N2O3S/c1-4-11-23-14-9-7-13(8-10-14)12-15-16(21)19(5-2)18(24)20(6-3)17(15)22/h4,7-10,12H,1,5-6,11H2,2-3H3. The van der Waals surface area contributed by atoms with Gasteiger partial charge in [0.1, 0.15) is 17.9 Å². The molecule has 1 aromatic carbocycles. The van der Waals surface area contributed by atoms with Gasteiger partial charge in [-0.05, 0) is 49.8 Å². The van der Waals surface area contributed by atoms with Crippen molar-refractivity contribution in [3.63, 3.8) is 0 Å². The second kappa shape index (κ2) is 7.88. The third-order valence-corrected chi connectivity index (χ3v) is 4.05. The third-order valence-electron chi connectivity index (χ3n) is 3.60. The van der Waals surface area contributed by atoms with E-state index in [1.807, 2.05) is 13.8 Å². The molecule has 1 fully saturated rings. The fourth-order valence-corrected chi connectivity index (χ4v) is 2.79. The molecule has 6 heteroatoms. The predicted molar refractivity (Wildman–Crippen MR) is 97.5 cm³/mol. The molecule has 0 unspecified atom stereocenters. The lowest BCUT2D eigenvalue weighted by atomic mass is 10.1. The van der Waals surface area contributed by atoms with Crippen LogP contribution in [-0.2, 0) is 9.59 Å². The number of likely N-dealkylation sites (N-methyl/N-ethyl adjacent to an activating group) is 2. The van der Waals surface area contributed by atoms with Crippen molar-refractivity contribution in [3.05, 3.63) is 48.1 Å². The Morgan fingerprint density at radius 2 is 1.62 bits per heavy atom. The van der Waals surface area contributed by atoms with E-state index in [9.17, 15) is 9.59 Å². The van der Waals surface area contributed by atoms with E-state index in [0.717, 1.165) is 5.56 Å². The van der Waals surface area contributed by atoms with Gasteiger partial charge in [0.05, 0.1) is 0 Å². The number of ether oxygens (including phenoxy) is 1. The number of carbonyl (C=O) groups excluding carboxylic acids is 2. The second-order valence-electron chi connectivity index (χ2n) is 5.11. The summed E-state index contributed by atoms with van der Waals surface area (Å²) in [5.41, 5.74) is 0.865. The maximum Gasteiger partial charge on any atom is 0.265 e. The average molecular weight is 344 g/mol. The van der Waals surface area contributed by atoms with Crippen LogP contribution in [0.2, 0.25) is 0 Å². The smallest absolute Gasteiger partial charge is 0.265 e. The van der Waals surface area contributed by atoms with Crippen LogP contribution in [0.1, 0.15) is 19.4 Å². The molecule has 24 heavy (non-hydrogen) atoms. The summed E-state index contributed by atoms with van der Waals surface area (Å²) in [6.07, 6.45) is 3.26. The Labute approximate surface area is 147 Å². The van der Waals surface area contributed by atoms with Crippen molar-refractivity contribution in [2.75, 3.05) is 19.7 Å². The zero-order valence-electron chi connectivity index (χ0n) is 13.8. The number of thiocarbonyl (C=S) groups is 1. The van der Waals surface area contributed by atoms with E-state index in [0.29, 0.717) is 25.4 Å². The second-order valence-corrected chi connectivity index (χ2v) is 5.47. The molecular formula is C18H20N2O3S. The topological polar surface area (TPSA) is 49.9 Å². The lowest BCUT2D eigenvalue weighted by Gasteiger charge is -2.35. The molecule has 0 N–H and O–H groups in total. The first-order valence-corrected chi connectivity index (χ1v) is 8.17. The Bertz CT molecular complexity index is 667. The third kappa shape index (κ3) is 3.54. The summed E-state index contributed by atoms with van der Waals surface area (Å²) in [7, 11) is 0. The van der Waals surface area contributed by atoms with Crippen LogP contribution in [0.5, 0.6) is 5.75 Å². The molecule has 1 aliphatic rings. The molecule has 1 saturated heterocycles. The number of nitrogens with zero attached hydrogens (tertiary/aromatic N) is 2. The SMILES string of the molecule is C=CCOc1ccc(C=C2C(=O)N(CC)C(=S)N(CC)C2=O)cc1. The summed E-state index contributed by atoms with van der Waals surface area (Å²) in [4.78, 5) is 28.0. The van der Waals surface area contributed by atoms with E-state index in [1.54, 1.807) is 36.4 Å². The Morgan fingerprint density at radius 3 is 2.08 bits per heavy atom. The number of hydrogen-bond acceptors (Lipinski definition) is 4. The van der Waals surface area contributed by atoms with Crippen LogP contribution >= 0.6 is 12.2 Å². The van der Waals surface area contributed by atoms with E-state index in [1.165, 1.54) is 9.80 Å². The van der Waals surface area contributed by atoms with Crippen LogP contribution in [0.15, 0.2) is 42.5 Å². The Hall–Kier alpha value is -2.47. The molecular weight excluding hydrogens is 324 g/mol. The highest BCUT2D eigenvalue weighted by Gasteiger charge is 2.37. The monoisotopic (exact) mass is 344 g/mol. The molecule has 0 spiro atoms. The molecule has 5 nitrogen and oxygen atoms in total. The fraction of sp³-hybridized carbons (Fsp3) is 0.278. The van der Waals surface area contributed by atoms with Gasteiger partial charge in [-0.1, -0.05) is 24.8 Å². The molecule has 0 atom stereocenters. The van der Waals surface area contributed by atoms with E-state index in [4.69, 9.17) is 17.0 Å². The number of carbonyl (C=O) groups is 2. The molecule has 0 radical (unpaired) electrons. The predicted octanol–water partition coefficient (Wildman–Crippen LogP) is 2.63. The summed E-state index contributed by atoms with van der Waals surface area (Å²) in [5, 5.41) is 0.264. The van der Waals surface area contributed by atoms with Gasteiger partial charge in [0, 0.05) is 13.1 Å². The fourth-order valence-electron chi connectivity index (χ4n) is 2.37. The highest BCUT2D eigenvalue weighted by Crippen LogP contribution is 2.21. The van der Waals surface area contributed by atoms with Crippen molar-refractivity contribution in [1.82, 2.24) is 9.80 Å². The quantitative estimate of drug-likeness (QED) is 0.344. The number of hydrogen-bond donors (Lipinski definition) is 0. The molecule has 2 amide bonds. The minimum absolute atomic E-state index is 0.118. The molecule has 1 aromatic rings. The maximum absolute atomic E-state index is 12.5. The van der Waals surface area contributed by atoms with Crippen molar-refractivity contribution in [1.29, 1.82) is 0 Å². The van der Waals surface area contributed by atoms with Gasteiger partial charge in [-0.3, -0.25) is 19.4 Å². The van der Waals surface area contributed by atoms with E-state index in [2.05, 4.69) is 6.58 Å². The van der Waals surface area contributed by atoms with Gasteiger partial charge in [0.25, 0.3) is 11.8 Å². The average Bonchev–Trinajstić information content (AvgIpc) is 2.59. The highest BCUT2D eigenvalue weighted by atomic mass is 32.1. The summed E-state index contributed by atoms with van der Waals surface area (Å²) < 4.78 is 5.42. The minimum Gasteiger partial charge on any atom is -0.490 e. The molecule has 0 aliphatic carbocycles. The molecule has 126 valence electrons. The molecule has 2 rings (SSSR count). The summed E-state index contributed by atoms with van der Waals surface area (Å²) >= 11 is 5.23. The van der Waals surface area contributed by atoms with Crippen LogP contribution in [0, 0.1) is 0 Å². The van der Waals surface area contributed by atoms with E-state index in [-0.39, 0.29) is 22.5 Å². The largest absolute Gasteiger partial charge is 0.490 e. The van der Waals surface area contributed by atoms with Crippen molar-refractivity contribution in [2.24, 2.45) is 0 Å². The van der Waals surface area contributed by atoms with E-state index < -0.39 is 0 Å². The zero-order valence-corrected chi connectivity index (χ0v) is 14.6. The van der Waals surface area contributed by atoms with Gasteiger partial charge >= 0.3 is 0 Å². The van der Waals surface area contributed by atoms with Crippen molar-refractivity contribution < 1.29 is 14.3 Å². The Kier molecular flexibility index (Phi) is 5.87. The van der Waals surface area contributed by atoms with Crippen molar-refractivity contribution in [2.45, 2.75) is 13.8 Å². The molecule has 0 aromatic heterocycles. The van der Waals surface area contributed by atoms with Gasteiger partial charge < -0.3 is 4.74 Å². The normalized spacial score (nSPS) is 14.9. The number of amides is 2.